The van der Waals surface area contributed by atoms with Crippen LogP contribution in [-0.4, -0.2) is 36.1 Å². The SMILES string of the molecule is CCN(CC)CCOc1ccc2nc(N)sc2c1. The minimum absolute atomic E-state index is 0.602. The Morgan fingerprint density at radius 2 is 2.11 bits per heavy atom. The van der Waals surface area contributed by atoms with Gasteiger partial charge in [0.15, 0.2) is 5.13 Å². The summed E-state index contributed by atoms with van der Waals surface area (Å²) in [5, 5.41) is 0.602. The van der Waals surface area contributed by atoms with Gasteiger partial charge in [-0.25, -0.2) is 4.98 Å². The van der Waals surface area contributed by atoms with Crippen molar-refractivity contribution in [2.45, 2.75) is 13.8 Å². The molecule has 2 rings (SSSR count). The molecule has 0 radical (unpaired) electrons. The van der Waals surface area contributed by atoms with Gasteiger partial charge in [-0.15, -0.1) is 0 Å². The van der Waals surface area contributed by atoms with Crippen molar-refractivity contribution in [2.75, 3.05) is 32.0 Å². The number of thiazole rings is 1. The third-order valence-corrected chi connectivity index (χ3v) is 3.79. The maximum absolute atomic E-state index is 5.75. The maximum Gasteiger partial charge on any atom is 0.181 e. The average molecular weight is 265 g/mol. The Morgan fingerprint density at radius 3 is 2.83 bits per heavy atom. The first-order valence-corrected chi connectivity index (χ1v) is 7.05. The Kier molecular flexibility index (Phi) is 4.38. The highest BCUT2D eigenvalue weighted by Gasteiger charge is 2.03. The number of benzene rings is 1. The molecule has 4 nitrogen and oxygen atoms in total. The third kappa shape index (κ3) is 3.11. The van der Waals surface area contributed by atoms with E-state index in [1.807, 2.05) is 18.2 Å². The first-order chi connectivity index (χ1) is 8.72. The zero-order chi connectivity index (χ0) is 13.0. The number of rotatable bonds is 6. The fraction of sp³-hybridized carbons (Fsp3) is 0.462. The molecule has 98 valence electrons. The van der Waals surface area contributed by atoms with Crippen LogP contribution < -0.4 is 10.5 Å². The first kappa shape index (κ1) is 13.1. The highest BCUT2D eigenvalue weighted by atomic mass is 32.1. The molecule has 1 aromatic heterocycles. The van der Waals surface area contributed by atoms with Gasteiger partial charge in [0.2, 0.25) is 0 Å². The highest BCUT2D eigenvalue weighted by molar-refractivity contribution is 7.22. The second kappa shape index (κ2) is 6.02. The molecule has 0 unspecified atom stereocenters. The molecule has 0 bridgehead atoms. The molecule has 18 heavy (non-hydrogen) atoms. The van der Waals surface area contributed by atoms with Crippen LogP contribution in [0.25, 0.3) is 10.2 Å². The van der Waals surface area contributed by atoms with Gasteiger partial charge in [0.05, 0.1) is 10.2 Å². The van der Waals surface area contributed by atoms with Crippen molar-refractivity contribution in [3.8, 4) is 5.75 Å². The molecule has 0 aliphatic carbocycles. The van der Waals surface area contributed by atoms with E-state index in [4.69, 9.17) is 10.5 Å². The number of nitrogen functional groups attached to an aromatic ring is 1. The lowest BCUT2D eigenvalue weighted by molar-refractivity contribution is 0.223. The van der Waals surface area contributed by atoms with E-state index >= 15 is 0 Å². The minimum atomic E-state index is 0.602. The molecule has 0 amide bonds. The molecule has 1 aromatic carbocycles. The van der Waals surface area contributed by atoms with Crippen molar-refractivity contribution in [1.29, 1.82) is 0 Å². The van der Waals surface area contributed by atoms with Crippen molar-refractivity contribution in [2.24, 2.45) is 0 Å². The third-order valence-electron chi connectivity index (χ3n) is 2.95. The van der Waals surface area contributed by atoms with Gasteiger partial charge in [-0.2, -0.15) is 0 Å². The number of likely N-dealkylation sites (N-methyl/N-ethyl adjacent to an activating group) is 1. The van der Waals surface area contributed by atoms with Gasteiger partial charge in [-0.3, -0.25) is 0 Å². The molecule has 1 heterocycles. The highest BCUT2D eigenvalue weighted by Crippen LogP contribution is 2.27. The van der Waals surface area contributed by atoms with E-state index in [0.717, 1.165) is 35.6 Å². The molecule has 0 aliphatic rings. The van der Waals surface area contributed by atoms with Crippen LogP contribution in [-0.2, 0) is 0 Å². The summed E-state index contributed by atoms with van der Waals surface area (Å²) in [6.45, 7) is 8.11. The van der Waals surface area contributed by atoms with Crippen LogP contribution >= 0.6 is 11.3 Å². The molecule has 0 spiro atoms. The Bertz CT molecular complexity index is 508. The van der Waals surface area contributed by atoms with E-state index in [-0.39, 0.29) is 0 Å². The lowest BCUT2D eigenvalue weighted by Crippen LogP contribution is -2.27. The fourth-order valence-corrected chi connectivity index (χ4v) is 2.61. The standard InChI is InChI=1S/C13H19N3OS/c1-3-16(4-2)7-8-17-10-5-6-11-12(9-10)18-13(14)15-11/h5-6,9H,3-4,7-8H2,1-2H3,(H2,14,15). The minimum Gasteiger partial charge on any atom is -0.492 e. The van der Waals surface area contributed by atoms with E-state index in [1.54, 1.807) is 0 Å². The predicted octanol–water partition coefficient (Wildman–Crippen LogP) is 2.60. The van der Waals surface area contributed by atoms with Crippen LogP contribution in [0.5, 0.6) is 5.75 Å². The number of hydrogen-bond donors (Lipinski definition) is 1. The summed E-state index contributed by atoms with van der Waals surface area (Å²) in [6.07, 6.45) is 0. The molecule has 0 fully saturated rings. The first-order valence-electron chi connectivity index (χ1n) is 6.24. The van der Waals surface area contributed by atoms with Crippen LogP contribution in [0.4, 0.5) is 5.13 Å². The van der Waals surface area contributed by atoms with E-state index in [0.29, 0.717) is 11.7 Å². The monoisotopic (exact) mass is 265 g/mol. The van der Waals surface area contributed by atoms with E-state index in [9.17, 15) is 0 Å². The molecule has 2 aromatic rings. The number of hydrogen-bond acceptors (Lipinski definition) is 5. The van der Waals surface area contributed by atoms with E-state index in [2.05, 4.69) is 23.7 Å². The number of ether oxygens (including phenoxy) is 1. The Balaban J connectivity index is 1.95. The van der Waals surface area contributed by atoms with Crippen LogP contribution in [0.3, 0.4) is 0 Å². The van der Waals surface area contributed by atoms with E-state index < -0.39 is 0 Å². The van der Waals surface area contributed by atoms with Gasteiger partial charge < -0.3 is 15.4 Å². The fourth-order valence-electron chi connectivity index (χ4n) is 1.84. The molecule has 5 heteroatoms. The smallest absolute Gasteiger partial charge is 0.181 e. The maximum atomic E-state index is 5.75. The quantitative estimate of drug-likeness (QED) is 0.872. The molecular weight excluding hydrogens is 246 g/mol. The van der Waals surface area contributed by atoms with Gasteiger partial charge in [0.25, 0.3) is 0 Å². The van der Waals surface area contributed by atoms with E-state index in [1.165, 1.54) is 11.3 Å². The topological polar surface area (TPSA) is 51.4 Å². The number of nitrogens with two attached hydrogens (primary N) is 1. The number of fused-ring (bicyclic) bond motifs is 1. The zero-order valence-corrected chi connectivity index (χ0v) is 11.7. The number of anilines is 1. The summed E-state index contributed by atoms with van der Waals surface area (Å²) in [4.78, 5) is 6.56. The lowest BCUT2D eigenvalue weighted by atomic mass is 10.3. The summed E-state index contributed by atoms with van der Waals surface area (Å²) >= 11 is 1.49. The van der Waals surface area contributed by atoms with Crippen LogP contribution in [0, 0.1) is 0 Å². The van der Waals surface area contributed by atoms with Gasteiger partial charge in [-0.1, -0.05) is 25.2 Å². The summed E-state index contributed by atoms with van der Waals surface area (Å²) in [5.74, 6) is 0.887. The van der Waals surface area contributed by atoms with Crippen molar-refractivity contribution >= 4 is 26.7 Å². The van der Waals surface area contributed by atoms with Gasteiger partial charge in [-0.05, 0) is 31.3 Å². The molecule has 0 saturated carbocycles. The van der Waals surface area contributed by atoms with Crippen molar-refractivity contribution in [3.05, 3.63) is 18.2 Å². The van der Waals surface area contributed by atoms with Gasteiger partial charge >= 0.3 is 0 Å². The Labute approximate surface area is 111 Å². The summed E-state index contributed by atoms with van der Waals surface area (Å²) in [5.41, 5.74) is 6.61. The van der Waals surface area contributed by atoms with Crippen molar-refractivity contribution in [1.82, 2.24) is 9.88 Å². The normalized spacial score (nSPS) is 11.3. The van der Waals surface area contributed by atoms with Crippen molar-refractivity contribution < 1.29 is 4.74 Å². The summed E-state index contributed by atoms with van der Waals surface area (Å²) in [6, 6.07) is 5.91. The second-order valence-corrected chi connectivity index (χ2v) is 5.12. The second-order valence-electron chi connectivity index (χ2n) is 4.06. The van der Waals surface area contributed by atoms with Crippen LogP contribution in [0.15, 0.2) is 18.2 Å². The Morgan fingerprint density at radius 1 is 1.33 bits per heavy atom. The average Bonchev–Trinajstić information content (AvgIpc) is 2.74. The molecule has 2 N–H and O–H groups in total. The molecule has 0 saturated heterocycles. The van der Waals surface area contributed by atoms with Crippen molar-refractivity contribution in [3.63, 3.8) is 0 Å². The predicted molar refractivity (Wildman–Crippen MR) is 77.3 cm³/mol. The lowest BCUT2D eigenvalue weighted by Gasteiger charge is -2.17. The van der Waals surface area contributed by atoms with Gasteiger partial charge in [0.1, 0.15) is 12.4 Å². The summed E-state index contributed by atoms with van der Waals surface area (Å²) < 4.78 is 6.83. The van der Waals surface area contributed by atoms with Crippen LogP contribution in [0.2, 0.25) is 0 Å². The largest absolute Gasteiger partial charge is 0.492 e. The zero-order valence-electron chi connectivity index (χ0n) is 10.8. The van der Waals surface area contributed by atoms with Gasteiger partial charge in [0, 0.05) is 6.54 Å². The molecule has 0 aliphatic heterocycles. The Hall–Kier alpha value is -1.33. The summed E-state index contributed by atoms with van der Waals surface area (Å²) in [7, 11) is 0. The molecular formula is C13H19N3OS. The van der Waals surface area contributed by atoms with Crippen LogP contribution in [0.1, 0.15) is 13.8 Å². The number of nitrogens with zero attached hydrogens (tertiary/aromatic N) is 2. The number of aromatic nitrogens is 1. The molecule has 0 atom stereocenters.